The lowest BCUT2D eigenvalue weighted by molar-refractivity contribution is 0.0894. The number of aromatic nitrogens is 1. The molecule has 1 aromatic carbocycles. The Hall–Kier alpha value is -1.92. The van der Waals surface area contributed by atoms with Gasteiger partial charge < -0.3 is 15.2 Å². The molecule has 0 radical (unpaired) electrons. The van der Waals surface area contributed by atoms with Crippen molar-refractivity contribution in [1.82, 2.24) is 10.3 Å². The summed E-state index contributed by atoms with van der Waals surface area (Å²) in [6, 6.07) is 5.13. The number of hydrogen-bond acceptors (Lipinski definition) is 6. The van der Waals surface area contributed by atoms with Crippen molar-refractivity contribution in [3.8, 4) is 21.9 Å². The lowest BCUT2D eigenvalue weighted by Gasteiger charge is -2.20. The fraction of sp³-hybridized carbons (Fsp3) is 0.375. The van der Waals surface area contributed by atoms with Gasteiger partial charge in [0.15, 0.2) is 22.3 Å². The number of ether oxygens (including phenoxy) is 1. The molecular weight excluding hydrogens is 300 g/mol. The fourth-order valence-electron chi connectivity index (χ4n) is 2.61. The van der Waals surface area contributed by atoms with Gasteiger partial charge in [-0.3, -0.25) is 4.79 Å². The summed E-state index contributed by atoms with van der Waals surface area (Å²) in [6.07, 6.45) is 3.46. The second-order valence-corrected chi connectivity index (χ2v) is 6.34. The third-order valence-electron chi connectivity index (χ3n) is 3.89. The molecule has 1 fully saturated rings. The first-order valence-electron chi connectivity index (χ1n) is 7.27. The number of rotatable bonds is 4. The molecule has 0 bridgehead atoms. The number of carbonyl (C=O) groups is 1. The van der Waals surface area contributed by atoms with Crippen LogP contribution in [-0.2, 0) is 0 Å². The van der Waals surface area contributed by atoms with E-state index in [0.29, 0.717) is 10.8 Å². The molecule has 3 rings (SSSR count). The maximum absolute atomic E-state index is 12.5. The second kappa shape index (κ2) is 6.46. The minimum absolute atomic E-state index is 0.0783. The summed E-state index contributed by atoms with van der Waals surface area (Å²) >= 11 is 1.39. The summed E-state index contributed by atoms with van der Waals surface area (Å²) < 4.78 is 5.12. The van der Waals surface area contributed by atoms with E-state index in [2.05, 4.69) is 10.3 Å². The van der Waals surface area contributed by atoms with Gasteiger partial charge >= 0.3 is 0 Å². The lowest BCUT2D eigenvalue weighted by atomic mass is 9.94. The normalized spacial score (nSPS) is 15.7. The number of ketones is 1. The molecule has 5 nitrogen and oxygen atoms in total. The van der Waals surface area contributed by atoms with Gasteiger partial charge in [0.25, 0.3) is 0 Å². The van der Waals surface area contributed by atoms with Crippen molar-refractivity contribution in [2.75, 3.05) is 20.2 Å². The summed E-state index contributed by atoms with van der Waals surface area (Å²) in [7, 11) is 1.51. The number of methoxy groups -OCH3 is 1. The predicted molar refractivity (Wildman–Crippen MR) is 85.7 cm³/mol. The minimum atomic E-state index is 0.0783. The van der Waals surface area contributed by atoms with Crippen LogP contribution in [0.15, 0.2) is 24.4 Å². The summed E-state index contributed by atoms with van der Waals surface area (Å²) in [5.41, 5.74) is 0.886. The number of phenols is 1. The first-order valence-corrected chi connectivity index (χ1v) is 8.09. The molecule has 2 aromatic rings. The largest absolute Gasteiger partial charge is 0.504 e. The maximum Gasteiger partial charge on any atom is 0.194 e. The van der Waals surface area contributed by atoms with E-state index >= 15 is 0 Å². The van der Waals surface area contributed by atoms with E-state index < -0.39 is 0 Å². The summed E-state index contributed by atoms with van der Waals surface area (Å²) in [5.74, 6) is 0.733. The number of nitrogens with zero attached hydrogens (tertiary/aromatic N) is 1. The zero-order valence-corrected chi connectivity index (χ0v) is 13.2. The van der Waals surface area contributed by atoms with Crippen LogP contribution in [0, 0.1) is 5.92 Å². The van der Waals surface area contributed by atoms with Crippen molar-refractivity contribution in [1.29, 1.82) is 0 Å². The highest BCUT2D eigenvalue weighted by atomic mass is 32.1. The highest BCUT2D eigenvalue weighted by molar-refractivity contribution is 7.17. The molecule has 116 valence electrons. The quantitative estimate of drug-likeness (QED) is 0.848. The second-order valence-electron chi connectivity index (χ2n) is 5.30. The third-order valence-corrected chi connectivity index (χ3v) is 4.95. The molecule has 2 heterocycles. The Bertz CT molecular complexity index is 678. The lowest BCUT2D eigenvalue weighted by Crippen LogP contribution is -2.31. The molecule has 0 aliphatic carbocycles. The van der Waals surface area contributed by atoms with Gasteiger partial charge in [-0.1, -0.05) is 0 Å². The maximum atomic E-state index is 12.5. The molecule has 1 saturated heterocycles. The van der Waals surface area contributed by atoms with Gasteiger partial charge in [0.2, 0.25) is 0 Å². The molecule has 1 aromatic heterocycles. The molecule has 0 saturated carbocycles. The first kappa shape index (κ1) is 15.0. The molecular formula is C16H18N2O3S. The van der Waals surface area contributed by atoms with Crippen LogP contribution in [0.5, 0.6) is 11.5 Å². The SMILES string of the molecule is COc1cc(-c2cnc(C(=O)C3CCNCC3)s2)ccc1O. The van der Waals surface area contributed by atoms with Gasteiger partial charge in [0, 0.05) is 12.1 Å². The molecule has 0 atom stereocenters. The monoisotopic (exact) mass is 318 g/mol. The Balaban J connectivity index is 1.82. The Labute approximate surface area is 133 Å². The number of piperidine rings is 1. The van der Waals surface area contributed by atoms with Gasteiger partial charge in [-0.25, -0.2) is 4.98 Å². The first-order chi connectivity index (χ1) is 10.7. The van der Waals surface area contributed by atoms with Crippen LogP contribution in [-0.4, -0.2) is 36.1 Å². The van der Waals surface area contributed by atoms with E-state index in [-0.39, 0.29) is 17.5 Å². The molecule has 0 unspecified atom stereocenters. The zero-order valence-electron chi connectivity index (χ0n) is 12.3. The Morgan fingerprint density at radius 1 is 1.41 bits per heavy atom. The van der Waals surface area contributed by atoms with Gasteiger partial charge in [-0.2, -0.15) is 0 Å². The zero-order chi connectivity index (χ0) is 15.5. The molecule has 1 aliphatic rings. The number of phenolic OH excluding ortho intramolecular Hbond substituents is 1. The van der Waals surface area contributed by atoms with Crippen LogP contribution in [0.2, 0.25) is 0 Å². The topological polar surface area (TPSA) is 71.5 Å². The Morgan fingerprint density at radius 3 is 2.91 bits per heavy atom. The van der Waals surface area contributed by atoms with Crippen molar-refractivity contribution < 1.29 is 14.6 Å². The van der Waals surface area contributed by atoms with E-state index in [1.54, 1.807) is 24.4 Å². The van der Waals surface area contributed by atoms with Gasteiger partial charge in [0.1, 0.15) is 0 Å². The molecule has 0 spiro atoms. The van der Waals surface area contributed by atoms with E-state index in [9.17, 15) is 9.90 Å². The smallest absolute Gasteiger partial charge is 0.194 e. The van der Waals surface area contributed by atoms with Crippen LogP contribution in [0.3, 0.4) is 0 Å². The van der Waals surface area contributed by atoms with Gasteiger partial charge in [0.05, 0.1) is 12.0 Å². The average molecular weight is 318 g/mol. The minimum Gasteiger partial charge on any atom is -0.504 e. The molecule has 6 heteroatoms. The predicted octanol–water partition coefficient (Wildman–Crippen LogP) is 2.71. The molecule has 1 aliphatic heterocycles. The summed E-state index contributed by atoms with van der Waals surface area (Å²) in [6.45, 7) is 1.79. The highest BCUT2D eigenvalue weighted by Crippen LogP contribution is 2.34. The fourth-order valence-corrected chi connectivity index (χ4v) is 3.54. The number of benzene rings is 1. The molecule has 2 N–H and O–H groups in total. The van der Waals surface area contributed by atoms with Crippen LogP contribution in [0.4, 0.5) is 0 Å². The standard InChI is InChI=1S/C16H18N2O3S/c1-21-13-8-11(2-3-12(13)19)14-9-18-16(22-14)15(20)10-4-6-17-7-5-10/h2-3,8-10,17,19H,4-7H2,1H3. The number of Topliss-reactive ketones (excluding diaryl/α,β-unsaturated/α-hetero) is 1. The molecule has 0 amide bonds. The van der Waals surface area contributed by atoms with Gasteiger partial charge in [-0.05, 0) is 49.7 Å². The number of hydrogen-bond donors (Lipinski definition) is 2. The Kier molecular flexibility index (Phi) is 4.40. The van der Waals surface area contributed by atoms with E-state index in [0.717, 1.165) is 36.4 Å². The van der Waals surface area contributed by atoms with Crippen LogP contribution >= 0.6 is 11.3 Å². The molecule has 22 heavy (non-hydrogen) atoms. The van der Waals surface area contributed by atoms with Crippen molar-refractivity contribution >= 4 is 17.1 Å². The average Bonchev–Trinajstić information content (AvgIpc) is 3.05. The van der Waals surface area contributed by atoms with Crippen molar-refractivity contribution in [3.05, 3.63) is 29.4 Å². The van der Waals surface area contributed by atoms with Gasteiger partial charge in [-0.15, -0.1) is 11.3 Å². The van der Waals surface area contributed by atoms with Crippen molar-refractivity contribution in [3.63, 3.8) is 0 Å². The van der Waals surface area contributed by atoms with Crippen LogP contribution in [0.1, 0.15) is 22.6 Å². The van der Waals surface area contributed by atoms with Crippen LogP contribution < -0.4 is 10.1 Å². The van der Waals surface area contributed by atoms with E-state index in [1.807, 2.05) is 0 Å². The van der Waals surface area contributed by atoms with Crippen molar-refractivity contribution in [2.45, 2.75) is 12.8 Å². The highest BCUT2D eigenvalue weighted by Gasteiger charge is 2.24. The van der Waals surface area contributed by atoms with E-state index in [1.165, 1.54) is 18.4 Å². The van der Waals surface area contributed by atoms with Crippen LogP contribution in [0.25, 0.3) is 10.4 Å². The number of aromatic hydroxyl groups is 1. The third kappa shape index (κ3) is 2.98. The summed E-state index contributed by atoms with van der Waals surface area (Å²) in [5, 5.41) is 13.5. The number of nitrogens with one attached hydrogen (secondary N) is 1. The summed E-state index contributed by atoms with van der Waals surface area (Å²) in [4.78, 5) is 17.7. The van der Waals surface area contributed by atoms with Crippen molar-refractivity contribution in [2.24, 2.45) is 5.92 Å². The Morgan fingerprint density at radius 2 is 2.18 bits per heavy atom. The number of thiazole rings is 1. The number of carbonyl (C=O) groups excluding carboxylic acids is 1. The van der Waals surface area contributed by atoms with E-state index in [4.69, 9.17) is 4.74 Å².